The number of benzene rings is 2. The van der Waals surface area contributed by atoms with E-state index in [1.54, 1.807) is 11.0 Å². The van der Waals surface area contributed by atoms with Crippen molar-refractivity contribution >= 4 is 12.0 Å². The Morgan fingerprint density at radius 1 is 0.750 bits per heavy atom. The van der Waals surface area contributed by atoms with Crippen LogP contribution in [-0.4, -0.2) is 83.8 Å². The zero-order valence-corrected chi connectivity index (χ0v) is 29.2. The average Bonchev–Trinajstić information content (AvgIpc) is 3.58. The van der Waals surface area contributed by atoms with Gasteiger partial charge in [0.15, 0.2) is 0 Å². The van der Waals surface area contributed by atoms with Gasteiger partial charge in [0.25, 0.3) is 5.91 Å². The second-order valence-corrected chi connectivity index (χ2v) is 15.3. The highest BCUT2D eigenvalue weighted by atomic mass is 19.1. The SMILES string of the molecule is CC(C)(C)OC(=O)N1CCN(Cc2cc(F)cc(OC3CCN(C(=O)c4ccc(OC5CCCC5)c(C5CCCCC5)c4)CC3)c2)CC1. The van der Waals surface area contributed by atoms with Crippen LogP contribution < -0.4 is 9.47 Å². The Morgan fingerprint density at radius 2 is 1.42 bits per heavy atom. The summed E-state index contributed by atoms with van der Waals surface area (Å²) in [5.41, 5.74) is 2.29. The fourth-order valence-corrected chi connectivity index (χ4v) is 7.71. The van der Waals surface area contributed by atoms with E-state index in [4.69, 9.17) is 14.2 Å². The second kappa shape index (κ2) is 15.5. The van der Waals surface area contributed by atoms with Crippen molar-refractivity contribution in [1.82, 2.24) is 14.7 Å². The van der Waals surface area contributed by atoms with E-state index in [9.17, 15) is 14.0 Å². The Labute approximate surface area is 285 Å². The number of ether oxygens (including phenoxy) is 3. The Morgan fingerprint density at radius 3 is 2.10 bits per heavy atom. The van der Waals surface area contributed by atoms with Crippen LogP contribution in [0.4, 0.5) is 9.18 Å². The molecule has 9 heteroatoms. The molecule has 4 fully saturated rings. The number of piperidine rings is 1. The van der Waals surface area contributed by atoms with Crippen molar-refractivity contribution in [2.24, 2.45) is 0 Å². The lowest BCUT2D eigenvalue weighted by atomic mass is 9.83. The molecule has 2 saturated carbocycles. The maximum Gasteiger partial charge on any atom is 0.410 e. The molecule has 4 aliphatic rings. The molecule has 0 atom stereocenters. The molecule has 2 aromatic rings. The maximum atomic E-state index is 14.7. The van der Waals surface area contributed by atoms with Crippen LogP contribution in [0.25, 0.3) is 0 Å². The van der Waals surface area contributed by atoms with Gasteiger partial charge in [0.1, 0.15) is 29.0 Å². The van der Waals surface area contributed by atoms with Crippen LogP contribution in [0.15, 0.2) is 36.4 Å². The van der Waals surface area contributed by atoms with Gasteiger partial charge in [-0.1, -0.05) is 19.3 Å². The van der Waals surface area contributed by atoms with Gasteiger partial charge in [-0.3, -0.25) is 9.69 Å². The monoisotopic (exact) mass is 663 g/mol. The molecule has 0 radical (unpaired) electrons. The van der Waals surface area contributed by atoms with Gasteiger partial charge < -0.3 is 24.0 Å². The smallest absolute Gasteiger partial charge is 0.410 e. The third-order valence-electron chi connectivity index (χ3n) is 10.3. The minimum Gasteiger partial charge on any atom is -0.490 e. The van der Waals surface area contributed by atoms with Gasteiger partial charge >= 0.3 is 6.09 Å². The van der Waals surface area contributed by atoms with Gasteiger partial charge in [0.05, 0.1) is 6.10 Å². The quantitative estimate of drug-likeness (QED) is 0.286. The predicted molar refractivity (Wildman–Crippen MR) is 184 cm³/mol. The summed E-state index contributed by atoms with van der Waals surface area (Å²) >= 11 is 0. The van der Waals surface area contributed by atoms with E-state index in [-0.39, 0.29) is 23.9 Å². The molecule has 2 aliphatic carbocycles. The zero-order valence-electron chi connectivity index (χ0n) is 29.2. The van der Waals surface area contributed by atoms with Crippen LogP contribution in [0.2, 0.25) is 0 Å². The Bertz CT molecular complexity index is 1400. The van der Waals surface area contributed by atoms with Crippen LogP contribution in [0.3, 0.4) is 0 Å². The molecule has 2 aliphatic heterocycles. The summed E-state index contributed by atoms with van der Waals surface area (Å²) in [6.45, 7) is 9.92. The van der Waals surface area contributed by atoms with E-state index in [1.165, 1.54) is 43.7 Å². The third-order valence-corrected chi connectivity index (χ3v) is 10.3. The van der Waals surface area contributed by atoms with Crippen LogP contribution >= 0.6 is 0 Å². The van der Waals surface area contributed by atoms with Crippen molar-refractivity contribution in [3.8, 4) is 11.5 Å². The number of halogens is 1. The van der Waals surface area contributed by atoms with Gasteiger partial charge in [0.2, 0.25) is 0 Å². The molecule has 0 N–H and O–H groups in total. The summed E-state index contributed by atoms with van der Waals surface area (Å²) in [7, 11) is 0. The lowest BCUT2D eigenvalue weighted by Crippen LogP contribution is -2.49. The molecule has 2 heterocycles. The molecule has 0 unspecified atom stereocenters. The molecule has 8 nitrogen and oxygen atoms in total. The topological polar surface area (TPSA) is 71.6 Å². The second-order valence-electron chi connectivity index (χ2n) is 15.3. The highest BCUT2D eigenvalue weighted by Crippen LogP contribution is 2.39. The van der Waals surface area contributed by atoms with E-state index in [0.29, 0.717) is 76.4 Å². The zero-order chi connectivity index (χ0) is 33.7. The van der Waals surface area contributed by atoms with Crippen LogP contribution in [0.1, 0.15) is 119 Å². The summed E-state index contributed by atoms with van der Waals surface area (Å²) in [6.07, 6.45) is 12.1. The average molecular weight is 664 g/mol. The van der Waals surface area contributed by atoms with Crippen molar-refractivity contribution in [1.29, 1.82) is 0 Å². The fraction of sp³-hybridized carbons (Fsp3) is 0.641. The van der Waals surface area contributed by atoms with E-state index >= 15 is 0 Å². The summed E-state index contributed by atoms with van der Waals surface area (Å²) in [4.78, 5) is 32.0. The fourth-order valence-electron chi connectivity index (χ4n) is 7.71. The minimum absolute atomic E-state index is 0.0673. The van der Waals surface area contributed by atoms with Crippen molar-refractivity contribution in [3.05, 3.63) is 58.9 Å². The van der Waals surface area contributed by atoms with Crippen molar-refractivity contribution < 1.29 is 28.2 Å². The summed E-state index contributed by atoms with van der Waals surface area (Å²) in [6, 6.07) is 11.0. The predicted octanol–water partition coefficient (Wildman–Crippen LogP) is 7.93. The van der Waals surface area contributed by atoms with Crippen LogP contribution in [0, 0.1) is 5.82 Å². The molecule has 0 spiro atoms. The van der Waals surface area contributed by atoms with Gasteiger partial charge in [-0.05, 0) is 107 Å². The minimum atomic E-state index is -0.521. The van der Waals surface area contributed by atoms with E-state index in [0.717, 1.165) is 42.6 Å². The van der Waals surface area contributed by atoms with Crippen LogP contribution in [-0.2, 0) is 11.3 Å². The summed E-state index contributed by atoms with van der Waals surface area (Å²) in [5.74, 6) is 1.71. The molecule has 2 amide bonds. The standard InChI is InChI=1S/C39H54FN3O5/c1-39(2,3)48-38(45)43-21-19-41(20-22-43)27-28-23-31(40)26-34(24-28)46-33-15-17-42(18-16-33)37(44)30-13-14-36(47-32-11-7-8-12-32)35(25-30)29-9-5-4-6-10-29/h13-14,23-26,29,32-33H,4-12,15-22,27H2,1-3H3. The van der Waals surface area contributed by atoms with Gasteiger partial charge in [0, 0.05) is 70.3 Å². The Kier molecular flexibility index (Phi) is 11.1. The number of likely N-dealkylation sites (tertiary alicyclic amines) is 1. The molecule has 2 aromatic carbocycles. The Hall–Kier alpha value is -3.33. The first-order valence-corrected chi connectivity index (χ1v) is 18.4. The molecule has 0 bridgehead atoms. The number of piperazine rings is 1. The lowest BCUT2D eigenvalue weighted by molar-refractivity contribution is 0.0139. The highest BCUT2D eigenvalue weighted by Gasteiger charge is 2.29. The van der Waals surface area contributed by atoms with Crippen LogP contribution in [0.5, 0.6) is 11.5 Å². The molecular formula is C39H54FN3O5. The number of hydrogen-bond acceptors (Lipinski definition) is 6. The first-order chi connectivity index (χ1) is 23.1. The number of carbonyl (C=O) groups is 2. The normalized spacial score (nSPS) is 20.6. The molecule has 6 rings (SSSR count). The number of rotatable bonds is 8. The van der Waals surface area contributed by atoms with E-state index in [2.05, 4.69) is 11.0 Å². The number of carbonyl (C=O) groups excluding carboxylic acids is 2. The lowest BCUT2D eigenvalue weighted by Gasteiger charge is -2.35. The first kappa shape index (κ1) is 34.5. The highest BCUT2D eigenvalue weighted by molar-refractivity contribution is 5.94. The van der Waals surface area contributed by atoms with Gasteiger partial charge in [-0.15, -0.1) is 0 Å². The largest absolute Gasteiger partial charge is 0.490 e. The molecule has 48 heavy (non-hydrogen) atoms. The van der Waals surface area contributed by atoms with Crippen molar-refractivity contribution in [2.75, 3.05) is 39.3 Å². The number of hydrogen-bond donors (Lipinski definition) is 0. The summed E-state index contributed by atoms with van der Waals surface area (Å²) < 4.78 is 33.0. The van der Waals surface area contributed by atoms with Gasteiger partial charge in [-0.2, -0.15) is 0 Å². The summed E-state index contributed by atoms with van der Waals surface area (Å²) in [5, 5.41) is 0. The molecule has 2 saturated heterocycles. The number of nitrogens with zero attached hydrogens (tertiary/aromatic N) is 3. The van der Waals surface area contributed by atoms with E-state index in [1.807, 2.05) is 43.9 Å². The van der Waals surface area contributed by atoms with Crippen molar-refractivity contribution in [2.45, 2.75) is 122 Å². The maximum absolute atomic E-state index is 14.7. The van der Waals surface area contributed by atoms with E-state index < -0.39 is 5.60 Å². The molecule has 262 valence electrons. The molecule has 0 aromatic heterocycles. The number of amides is 2. The van der Waals surface area contributed by atoms with Gasteiger partial charge in [-0.25, -0.2) is 9.18 Å². The first-order valence-electron chi connectivity index (χ1n) is 18.4. The van der Waals surface area contributed by atoms with Crippen molar-refractivity contribution in [3.63, 3.8) is 0 Å². The molecular weight excluding hydrogens is 609 g/mol. The Balaban J connectivity index is 1.02. The third kappa shape index (κ3) is 9.21.